The van der Waals surface area contributed by atoms with Crippen LogP contribution in [0, 0.1) is 5.82 Å². The predicted molar refractivity (Wildman–Crippen MR) is 81.1 cm³/mol. The predicted octanol–water partition coefficient (Wildman–Crippen LogP) is -0.682. The summed E-state index contributed by atoms with van der Waals surface area (Å²) in [5.74, 6) is -4.29. The van der Waals surface area contributed by atoms with Crippen molar-refractivity contribution in [1.29, 1.82) is 0 Å². The topological polar surface area (TPSA) is 139 Å². The molecule has 0 spiro atoms. The third-order valence-corrected chi connectivity index (χ3v) is 3.11. The van der Waals surface area contributed by atoms with E-state index in [1.165, 1.54) is 25.1 Å². The van der Waals surface area contributed by atoms with Crippen LogP contribution < -0.4 is 16.4 Å². The van der Waals surface area contributed by atoms with Gasteiger partial charge in [0.1, 0.15) is 17.9 Å². The second-order valence-electron chi connectivity index (χ2n) is 5.11. The number of nitrogens with one attached hydrogen (secondary N) is 2. The fourth-order valence-electron chi connectivity index (χ4n) is 2.01. The molecule has 8 nitrogen and oxygen atoms in total. The molecule has 2 atom stereocenters. The third-order valence-electron chi connectivity index (χ3n) is 3.11. The van der Waals surface area contributed by atoms with Gasteiger partial charge in [0.2, 0.25) is 17.7 Å². The molecule has 1 aromatic carbocycles. The van der Waals surface area contributed by atoms with E-state index < -0.39 is 48.0 Å². The van der Waals surface area contributed by atoms with Gasteiger partial charge in [-0.2, -0.15) is 0 Å². The quantitative estimate of drug-likeness (QED) is 0.497. The van der Waals surface area contributed by atoms with Crippen LogP contribution >= 0.6 is 0 Å². The fourth-order valence-corrected chi connectivity index (χ4v) is 2.01. The van der Waals surface area contributed by atoms with E-state index in [0.29, 0.717) is 0 Å². The first kappa shape index (κ1) is 19.1. The van der Waals surface area contributed by atoms with Crippen molar-refractivity contribution in [2.75, 3.05) is 0 Å². The molecule has 1 aromatic rings. The van der Waals surface area contributed by atoms with E-state index in [9.17, 15) is 23.6 Å². The highest BCUT2D eigenvalue weighted by Crippen LogP contribution is 2.10. The monoisotopic (exact) mass is 339 g/mol. The van der Waals surface area contributed by atoms with Gasteiger partial charge in [0.15, 0.2) is 0 Å². The molecule has 3 amide bonds. The Morgan fingerprint density at radius 2 is 1.79 bits per heavy atom. The summed E-state index contributed by atoms with van der Waals surface area (Å²) in [6, 6.07) is 3.07. The third kappa shape index (κ3) is 6.03. The van der Waals surface area contributed by atoms with Crippen LogP contribution in [-0.2, 0) is 25.6 Å². The Kier molecular flexibility index (Phi) is 6.84. The molecule has 5 N–H and O–H groups in total. The summed E-state index contributed by atoms with van der Waals surface area (Å²) in [4.78, 5) is 45.4. The largest absolute Gasteiger partial charge is 0.481 e. The second kappa shape index (κ2) is 8.61. The zero-order chi connectivity index (χ0) is 18.3. The number of hydrogen-bond acceptors (Lipinski definition) is 4. The maximum atomic E-state index is 13.7. The maximum Gasteiger partial charge on any atom is 0.305 e. The Hall–Kier alpha value is -2.97. The molecule has 0 fully saturated rings. The zero-order valence-corrected chi connectivity index (χ0v) is 12.9. The molecule has 0 saturated heterocycles. The summed E-state index contributed by atoms with van der Waals surface area (Å²) >= 11 is 0. The number of carboxylic acid groups (broad SMARTS) is 1. The lowest BCUT2D eigenvalue weighted by Crippen LogP contribution is -2.54. The second-order valence-corrected chi connectivity index (χ2v) is 5.11. The smallest absolute Gasteiger partial charge is 0.305 e. The Bertz CT molecular complexity index is 650. The molecule has 130 valence electrons. The highest BCUT2D eigenvalue weighted by atomic mass is 19.1. The van der Waals surface area contributed by atoms with Gasteiger partial charge in [0, 0.05) is 13.3 Å². The molecule has 24 heavy (non-hydrogen) atoms. The SMILES string of the molecule is CC(=O)N[C@@H](Cc1ccccc1F)C(=O)N[C@H](CC(=O)O)C(N)=O. The normalized spacial score (nSPS) is 12.8. The molecule has 0 radical (unpaired) electrons. The van der Waals surface area contributed by atoms with Crippen molar-refractivity contribution in [2.45, 2.75) is 31.8 Å². The summed E-state index contributed by atoms with van der Waals surface area (Å²) < 4.78 is 13.7. The van der Waals surface area contributed by atoms with Crippen LogP contribution in [0.15, 0.2) is 24.3 Å². The molecule has 0 aromatic heterocycles. The molecule has 0 bridgehead atoms. The number of benzene rings is 1. The van der Waals surface area contributed by atoms with Gasteiger partial charge in [0.25, 0.3) is 0 Å². The molecule has 0 aliphatic heterocycles. The average Bonchev–Trinajstić information content (AvgIpc) is 2.47. The van der Waals surface area contributed by atoms with E-state index in [1.807, 2.05) is 0 Å². The Morgan fingerprint density at radius 1 is 1.17 bits per heavy atom. The van der Waals surface area contributed by atoms with Crippen molar-refractivity contribution >= 4 is 23.7 Å². The van der Waals surface area contributed by atoms with E-state index in [-0.39, 0.29) is 12.0 Å². The number of nitrogens with two attached hydrogens (primary N) is 1. The lowest BCUT2D eigenvalue weighted by Gasteiger charge is -2.21. The maximum absolute atomic E-state index is 13.7. The summed E-state index contributed by atoms with van der Waals surface area (Å²) in [5, 5.41) is 13.2. The lowest BCUT2D eigenvalue weighted by atomic mass is 10.0. The van der Waals surface area contributed by atoms with Crippen molar-refractivity contribution in [3.63, 3.8) is 0 Å². The molecule has 0 unspecified atom stereocenters. The number of rotatable bonds is 8. The number of carbonyl (C=O) groups excluding carboxylic acids is 3. The van der Waals surface area contributed by atoms with Gasteiger partial charge in [-0.3, -0.25) is 19.2 Å². The number of carbonyl (C=O) groups is 4. The summed E-state index contributed by atoms with van der Waals surface area (Å²) in [5.41, 5.74) is 5.23. The average molecular weight is 339 g/mol. The minimum Gasteiger partial charge on any atom is -0.481 e. The van der Waals surface area contributed by atoms with Gasteiger partial charge in [-0.25, -0.2) is 4.39 Å². The van der Waals surface area contributed by atoms with Gasteiger partial charge >= 0.3 is 5.97 Å². The number of halogens is 1. The van der Waals surface area contributed by atoms with Gasteiger partial charge in [0.05, 0.1) is 6.42 Å². The van der Waals surface area contributed by atoms with Crippen LogP contribution in [0.1, 0.15) is 18.9 Å². The highest BCUT2D eigenvalue weighted by molar-refractivity contribution is 5.93. The number of aliphatic carboxylic acids is 1. The summed E-state index contributed by atoms with van der Waals surface area (Å²) in [7, 11) is 0. The molecule has 0 heterocycles. The number of amides is 3. The van der Waals surface area contributed by atoms with E-state index in [4.69, 9.17) is 10.8 Å². The highest BCUT2D eigenvalue weighted by Gasteiger charge is 2.27. The van der Waals surface area contributed by atoms with E-state index in [2.05, 4.69) is 10.6 Å². The minimum absolute atomic E-state index is 0.170. The summed E-state index contributed by atoms with van der Waals surface area (Å²) in [6.45, 7) is 1.17. The Balaban J connectivity index is 2.92. The van der Waals surface area contributed by atoms with E-state index in [0.717, 1.165) is 0 Å². The number of hydrogen-bond donors (Lipinski definition) is 4. The number of carboxylic acids is 1. The molecule has 0 aliphatic carbocycles. The van der Waals surface area contributed by atoms with Crippen LogP contribution in [0.4, 0.5) is 4.39 Å². The molecule has 1 rings (SSSR count). The van der Waals surface area contributed by atoms with Gasteiger partial charge in [-0.15, -0.1) is 0 Å². The molecule has 0 aliphatic rings. The van der Waals surface area contributed by atoms with E-state index >= 15 is 0 Å². The van der Waals surface area contributed by atoms with E-state index in [1.54, 1.807) is 6.07 Å². The molecular formula is C15H18FN3O5. The van der Waals surface area contributed by atoms with Gasteiger partial charge in [-0.05, 0) is 11.6 Å². The summed E-state index contributed by atoms with van der Waals surface area (Å²) in [6.07, 6.45) is -0.871. The van der Waals surface area contributed by atoms with Crippen molar-refractivity contribution < 1.29 is 28.7 Å². The molecule has 0 saturated carbocycles. The van der Waals surface area contributed by atoms with Crippen LogP contribution in [-0.4, -0.2) is 40.9 Å². The van der Waals surface area contributed by atoms with Crippen molar-refractivity contribution in [3.05, 3.63) is 35.6 Å². The van der Waals surface area contributed by atoms with Crippen molar-refractivity contribution in [1.82, 2.24) is 10.6 Å². The van der Waals surface area contributed by atoms with Crippen LogP contribution in [0.2, 0.25) is 0 Å². The van der Waals surface area contributed by atoms with Gasteiger partial charge in [-0.1, -0.05) is 18.2 Å². The fraction of sp³-hybridized carbons (Fsp3) is 0.333. The molecular weight excluding hydrogens is 321 g/mol. The Morgan fingerprint density at radius 3 is 2.29 bits per heavy atom. The first-order valence-corrected chi connectivity index (χ1v) is 7.02. The van der Waals surface area contributed by atoms with Crippen molar-refractivity contribution in [2.24, 2.45) is 5.73 Å². The van der Waals surface area contributed by atoms with Gasteiger partial charge < -0.3 is 21.5 Å². The standard InChI is InChI=1S/C15H18FN3O5/c1-8(20)18-12(6-9-4-2-3-5-10(9)16)15(24)19-11(14(17)23)7-13(21)22/h2-5,11-12H,6-7H2,1H3,(H2,17,23)(H,18,20)(H,19,24)(H,21,22)/t11-,12+/m1/s1. The first-order valence-electron chi connectivity index (χ1n) is 7.02. The van der Waals surface area contributed by atoms with Crippen LogP contribution in [0.5, 0.6) is 0 Å². The first-order chi connectivity index (χ1) is 11.2. The lowest BCUT2D eigenvalue weighted by molar-refractivity contribution is -0.140. The van der Waals surface area contributed by atoms with Crippen LogP contribution in [0.25, 0.3) is 0 Å². The minimum atomic E-state index is -1.44. The molecule has 9 heteroatoms. The zero-order valence-electron chi connectivity index (χ0n) is 12.9. The van der Waals surface area contributed by atoms with Crippen LogP contribution in [0.3, 0.4) is 0 Å². The Labute approximate surface area is 137 Å². The van der Waals surface area contributed by atoms with Crippen molar-refractivity contribution in [3.8, 4) is 0 Å². The number of primary amides is 1.